The van der Waals surface area contributed by atoms with Crippen LogP contribution in [0.2, 0.25) is 0 Å². The maximum atomic E-state index is 12.0. The van der Waals surface area contributed by atoms with Crippen LogP contribution in [-0.4, -0.2) is 32.1 Å². The standard InChI is InChI=1S/C13H13BrO5/c1-3-18-13(16)11(15)8-6-9(17-2)12-7(10(8)14)4-5-19-12/h6H,3-5H2,1-2H3. The van der Waals surface area contributed by atoms with Crippen LogP contribution >= 0.6 is 15.9 Å². The van der Waals surface area contributed by atoms with Crippen molar-refractivity contribution in [2.45, 2.75) is 13.3 Å². The fourth-order valence-corrected chi connectivity index (χ4v) is 2.60. The molecule has 0 spiro atoms. The van der Waals surface area contributed by atoms with Crippen molar-refractivity contribution in [3.8, 4) is 11.5 Å². The third-order valence-corrected chi connectivity index (χ3v) is 3.70. The molecule has 19 heavy (non-hydrogen) atoms. The number of hydrogen-bond acceptors (Lipinski definition) is 5. The van der Waals surface area contributed by atoms with E-state index in [0.29, 0.717) is 29.0 Å². The fourth-order valence-electron chi connectivity index (χ4n) is 1.93. The first-order chi connectivity index (χ1) is 9.10. The average molecular weight is 329 g/mol. The Labute approximate surface area is 119 Å². The molecule has 1 heterocycles. The molecule has 0 saturated heterocycles. The van der Waals surface area contributed by atoms with Crippen molar-refractivity contribution < 1.29 is 23.8 Å². The lowest BCUT2D eigenvalue weighted by Gasteiger charge is -2.11. The van der Waals surface area contributed by atoms with Crippen molar-refractivity contribution in [1.82, 2.24) is 0 Å². The van der Waals surface area contributed by atoms with Gasteiger partial charge in [-0.2, -0.15) is 0 Å². The Balaban J connectivity index is 2.47. The lowest BCUT2D eigenvalue weighted by Crippen LogP contribution is -2.18. The summed E-state index contributed by atoms with van der Waals surface area (Å²) in [5.41, 5.74) is 1.08. The maximum absolute atomic E-state index is 12.0. The highest BCUT2D eigenvalue weighted by Crippen LogP contribution is 2.42. The van der Waals surface area contributed by atoms with Crippen LogP contribution in [0.15, 0.2) is 10.5 Å². The van der Waals surface area contributed by atoms with Gasteiger partial charge in [0.05, 0.1) is 20.3 Å². The van der Waals surface area contributed by atoms with Gasteiger partial charge < -0.3 is 14.2 Å². The van der Waals surface area contributed by atoms with Crippen molar-refractivity contribution in [2.24, 2.45) is 0 Å². The Morgan fingerprint density at radius 3 is 2.84 bits per heavy atom. The minimum absolute atomic E-state index is 0.160. The third kappa shape index (κ3) is 2.45. The van der Waals surface area contributed by atoms with Gasteiger partial charge in [-0.25, -0.2) is 4.79 Å². The Hall–Kier alpha value is -1.56. The molecule has 2 rings (SSSR count). The number of ketones is 1. The molecule has 0 unspecified atom stereocenters. The zero-order valence-electron chi connectivity index (χ0n) is 10.6. The molecule has 1 aliphatic rings. The highest BCUT2D eigenvalue weighted by Gasteiger charge is 2.28. The SMILES string of the molecule is CCOC(=O)C(=O)c1cc(OC)c2c(c1Br)CCO2. The summed E-state index contributed by atoms with van der Waals surface area (Å²) in [4.78, 5) is 23.6. The second-order valence-corrected chi connectivity index (χ2v) is 4.69. The summed E-state index contributed by atoms with van der Waals surface area (Å²) in [6.45, 7) is 2.34. The Morgan fingerprint density at radius 1 is 1.47 bits per heavy atom. The summed E-state index contributed by atoms with van der Waals surface area (Å²) in [6.07, 6.45) is 0.663. The van der Waals surface area contributed by atoms with E-state index in [4.69, 9.17) is 14.2 Å². The molecule has 0 saturated carbocycles. The van der Waals surface area contributed by atoms with Gasteiger partial charge in [0.1, 0.15) is 0 Å². The Bertz CT molecular complexity index is 538. The average Bonchev–Trinajstić information content (AvgIpc) is 2.89. The molecule has 0 amide bonds. The minimum atomic E-state index is -0.871. The molecule has 0 radical (unpaired) electrons. The van der Waals surface area contributed by atoms with Crippen LogP contribution in [0, 0.1) is 0 Å². The van der Waals surface area contributed by atoms with Crippen molar-refractivity contribution in [3.63, 3.8) is 0 Å². The van der Waals surface area contributed by atoms with Crippen LogP contribution in [0.25, 0.3) is 0 Å². The van der Waals surface area contributed by atoms with E-state index < -0.39 is 11.8 Å². The number of ether oxygens (including phenoxy) is 3. The Kier molecular flexibility index (Phi) is 4.09. The third-order valence-electron chi connectivity index (χ3n) is 2.80. The van der Waals surface area contributed by atoms with E-state index in [-0.39, 0.29) is 12.2 Å². The number of halogens is 1. The molecule has 1 aromatic carbocycles. The van der Waals surface area contributed by atoms with E-state index in [0.717, 1.165) is 5.56 Å². The molecule has 1 aromatic rings. The summed E-state index contributed by atoms with van der Waals surface area (Å²) < 4.78 is 15.9. The fraction of sp³-hybridized carbons (Fsp3) is 0.385. The van der Waals surface area contributed by atoms with Gasteiger partial charge in [-0.15, -0.1) is 0 Å². The second kappa shape index (κ2) is 5.61. The molecule has 0 aromatic heterocycles. The van der Waals surface area contributed by atoms with Crippen molar-refractivity contribution in [2.75, 3.05) is 20.3 Å². The van der Waals surface area contributed by atoms with Gasteiger partial charge in [0.25, 0.3) is 5.78 Å². The van der Waals surface area contributed by atoms with Crippen LogP contribution in [-0.2, 0) is 16.0 Å². The highest BCUT2D eigenvalue weighted by molar-refractivity contribution is 9.10. The lowest BCUT2D eigenvalue weighted by atomic mass is 10.0. The Morgan fingerprint density at radius 2 is 2.21 bits per heavy atom. The number of fused-ring (bicyclic) bond motifs is 1. The van der Waals surface area contributed by atoms with Crippen LogP contribution in [0.1, 0.15) is 22.8 Å². The number of hydrogen-bond donors (Lipinski definition) is 0. The molecule has 0 bridgehead atoms. The molecular formula is C13H13BrO5. The van der Waals surface area contributed by atoms with Crippen LogP contribution in [0.4, 0.5) is 0 Å². The van der Waals surface area contributed by atoms with E-state index in [1.165, 1.54) is 13.2 Å². The molecular weight excluding hydrogens is 316 g/mol. The summed E-state index contributed by atoms with van der Waals surface area (Å²) >= 11 is 3.35. The number of benzene rings is 1. The maximum Gasteiger partial charge on any atom is 0.379 e. The van der Waals surface area contributed by atoms with Crippen LogP contribution in [0.5, 0.6) is 11.5 Å². The zero-order chi connectivity index (χ0) is 14.0. The largest absolute Gasteiger partial charge is 0.493 e. The first-order valence-electron chi connectivity index (χ1n) is 5.83. The molecule has 0 N–H and O–H groups in total. The van der Waals surface area contributed by atoms with Gasteiger partial charge in [-0.05, 0) is 28.9 Å². The van der Waals surface area contributed by atoms with Crippen molar-refractivity contribution in [1.29, 1.82) is 0 Å². The quantitative estimate of drug-likeness (QED) is 0.481. The molecule has 0 atom stereocenters. The van der Waals surface area contributed by atoms with Crippen molar-refractivity contribution >= 4 is 27.7 Å². The molecule has 0 aliphatic carbocycles. The highest BCUT2D eigenvalue weighted by atomic mass is 79.9. The van der Waals surface area contributed by atoms with E-state index in [9.17, 15) is 9.59 Å². The monoisotopic (exact) mass is 328 g/mol. The van der Waals surface area contributed by atoms with Gasteiger partial charge >= 0.3 is 5.97 Å². The normalized spacial score (nSPS) is 12.6. The molecule has 1 aliphatic heterocycles. The number of carbonyl (C=O) groups is 2. The van der Waals surface area contributed by atoms with Gasteiger partial charge in [0.2, 0.25) is 0 Å². The first kappa shape index (κ1) is 13.9. The number of esters is 1. The predicted molar refractivity (Wildman–Crippen MR) is 70.9 cm³/mol. The van der Waals surface area contributed by atoms with E-state index >= 15 is 0 Å². The first-order valence-corrected chi connectivity index (χ1v) is 6.63. The van der Waals surface area contributed by atoms with E-state index in [1.807, 2.05) is 0 Å². The summed E-state index contributed by atoms with van der Waals surface area (Å²) in [5.74, 6) is -0.496. The molecule has 6 heteroatoms. The molecule has 102 valence electrons. The van der Waals surface area contributed by atoms with E-state index in [2.05, 4.69) is 15.9 Å². The summed E-state index contributed by atoms with van der Waals surface area (Å²) in [5, 5.41) is 0. The number of methoxy groups -OCH3 is 1. The van der Waals surface area contributed by atoms with Gasteiger partial charge in [0, 0.05) is 22.0 Å². The van der Waals surface area contributed by atoms with Gasteiger partial charge in [0.15, 0.2) is 11.5 Å². The number of carbonyl (C=O) groups excluding carboxylic acids is 2. The zero-order valence-corrected chi connectivity index (χ0v) is 12.2. The smallest absolute Gasteiger partial charge is 0.379 e. The lowest BCUT2D eigenvalue weighted by molar-refractivity contribution is -0.137. The van der Waals surface area contributed by atoms with Gasteiger partial charge in [-0.3, -0.25) is 4.79 Å². The topological polar surface area (TPSA) is 61.8 Å². The molecule has 0 fully saturated rings. The summed E-state index contributed by atoms with van der Waals surface area (Å²) in [7, 11) is 1.49. The van der Waals surface area contributed by atoms with Crippen molar-refractivity contribution in [3.05, 3.63) is 21.7 Å². The van der Waals surface area contributed by atoms with E-state index in [1.54, 1.807) is 6.92 Å². The number of Topliss-reactive ketones (excluding diaryl/α,β-unsaturated/α-hetero) is 1. The number of rotatable bonds is 4. The second-order valence-electron chi connectivity index (χ2n) is 3.90. The summed E-state index contributed by atoms with van der Waals surface area (Å²) in [6, 6.07) is 1.49. The van der Waals surface area contributed by atoms with Gasteiger partial charge in [-0.1, -0.05) is 0 Å². The van der Waals surface area contributed by atoms with Crippen LogP contribution in [0.3, 0.4) is 0 Å². The van der Waals surface area contributed by atoms with Crippen LogP contribution < -0.4 is 9.47 Å². The molecule has 5 nitrogen and oxygen atoms in total. The minimum Gasteiger partial charge on any atom is -0.493 e. The predicted octanol–water partition coefficient (Wildman–Crippen LogP) is 2.14.